The molecule has 1 aliphatic rings. The van der Waals surface area contributed by atoms with Crippen molar-refractivity contribution >= 4 is 10.8 Å². The Kier molecular flexibility index (Phi) is 6.79. The van der Waals surface area contributed by atoms with Crippen LogP contribution in [-0.2, 0) is 13.1 Å². The number of methoxy groups -OCH3 is 2. The number of hydrogen-bond donors (Lipinski definition) is 0. The Morgan fingerprint density at radius 1 is 0.647 bits per heavy atom. The summed E-state index contributed by atoms with van der Waals surface area (Å²) >= 11 is 0. The van der Waals surface area contributed by atoms with Crippen molar-refractivity contribution in [3.63, 3.8) is 0 Å². The van der Waals surface area contributed by atoms with Crippen molar-refractivity contribution in [1.82, 2.24) is 9.80 Å². The van der Waals surface area contributed by atoms with Crippen LogP contribution in [0.3, 0.4) is 0 Å². The van der Waals surface area contributed by atoms with Crippen molar-refractivity contribution in [2.45, 2.75) is 25.7 Å². The quantitative estimate of drug-likeness (QED) is 0.330. The second kappa shape index (κ2) is 10.3. The number of ether oxygens (including phenoxy) is 2. The summed E-state index contributed by atoms with van der Waals surface area (Å²) in [5, 5.41) is 2.62. The molecule has 0 N–H and O–H groups in total. The average molecular weight is 453 g/mol. The first kappa shape index (κ1) is 22.5. The van der Waals surface area contributed by atoms with Crippen molar-refractivity contribution in [3.8, 4) is 11.5 Å². The highest BCUT2D eigenvalue weighted by Gasteiger charge is 2.31. The van der Waals surface area contributed by atoms with Gasteiger partial charge in [0.05, 0.1) is 20.4 Å². The van der Waals surface area contributed by atoms with E-state index in [4.69, 9.17) is 9.47 Å². The lowest BCUT2D eigenvalue weighted by atomic mass is 9.98. The van der Waals surface area contributed by atoms with E-state index < -0.39 is 0 Å². The van der Waals surface area contributed by atoms with E-state index in [1.165, 1.54) is 27.5 Å². The number of hydrogen-bond acceptors (Lipinski definition) is 4. The second-order valence-corrected chi connectivity index (χ2v) is 8.93. The summed E-state index contributed by atoms with van der Waals surface area (Å²) in [6.07, 6.45) is 1.34. The highest BCUT2D eigenvalue weighted by molar-refractivity contribution is 5.86. The smallest absolute Gasteiger partial charge is 0.118 e. The van der Waals surface area contributed by atoms with Gasteiger partial charge < -0.3 is 9.47 Å². The molecule has 0 saturated carbocycles. The van der Waals surface area contributed by atoms with Gasteiger partial charge in [-0.2, -0.15) is 0 Å². The third kappa shape index (κ3) is 4.79. The largest absolute Gasteiger partial charge is 0.497 e. The van der Waals surface area contributed by atoms with Crippen LogP contribution in [0.2, 0.25) is 0 Å². The van der Waals surface area contributed by atoms with Crippen LogP contribution >= 0.6 is 0 Å². The number of nitrogens with zero attached hydrogens (tertiary/aromatic N) is 2. The maximum Gasteiger partial charge on any atom is 0.118 e. The molecule has 0 amide bonds. The summed E-state index contributed by atoms with van der Waals surface area (Å²) in [6.45, 7) is 3.94. The summed E-state index contributed by atoms with van der Waals surface area (Å²) in [6, 6.07) is 32.4. The molecule has 4 heteroatoms. The molecular formula is C30H32N2O2. The lowest BCUT2D eigenvalue weighted by molar-refractivity contribution is -0.00821. The summed E-state index contributed by atoms with van der Waals surface area (Å²) in [5.41, 5.74) is 3.98. The highest BCUT2D eigenvalue weighted by atomic mass is 16.5. The molecule has 0 aromatic heterocycles. The summed E-state index contributed by atoms with van der Waals surface area (Å²) < 4.78 is 10.7. The lowest BCUT2D eigenvalue weighted by Crippen LogP contribution is -2.46. The Hall–Kier alpha value is -3.34. The fourth-order valence-corrected chi connectivity index (χ4v) is 5.08. The van der Waals surface area contributed by atoms with E-state index >= 15 is 0 Å². The van der Waals surface area contributed by atoms with Gasteiger partial charge in [-0.1, -0.05) is 66.7 Å². The molecular weight excluding hydrogens is 420 g/mol. The fraction of sp³-hybridized carbons (Fsp3) is 0.267. The van der Waals surface area contributed by atoms with E-state index in [2.05, 4.69) is 101 Å². The van der Waals surface area contributed by atoms with Crippen LogP contribution in [0.5, 0.6) is 11.5 Å². The van der Waals surface area contributed by atoms with Crippen molar-refractivity contribution in [2.24, 2.45) is 0 Å². The van der Waals surface area contributed by atoms with Gasteiger partial charge in [0.2, 0.25) is 0 Å². The first-order valence-corrected chi connectivity index (χ1v) is 12.0. The van der Waals surface area contributed by atoms with Crippen LogP contribution in [0, 0.1) is 0 Å². The molecule has 0 unspecified atom stereocenters. The maximum absolute atomic E-state index is 5.37. The van der Waals surface area contributed by atoms with Gasteiger partial charge >= 0.3 is 0 Å². The second-order valence-electron chi connectivity index (χ2n) is 8.93. The van der Waals surface area contributed by atoms with Gasteiger partial charge in [0.1, 0.15) is 11.5 Å². The van der Waals surface area contributed by atoms with E-state index in [9.17, 15) is 0 Å². The lowest BCUT2D eigenvalue weighted by Gasteiger charge is -2.45. The van der Waals surface area contributed by atoms with Crippen LogP contribution in [0.4, 0.5) is 0 Å². The minimum Gasteiger partial charge on any atom is -0.497 e. The normalized spacial score (nSPS) is 15.5. The summed E-state index contributed by atoms with van der Waals surface area (Å²) in [7, 11) is 3.43. The van der Waals surface area contributed by atoms with E-state index in [1.54, 1.807) is 14.2 Å². The molecule has 0 bridgehead atoms. The molecule has 4 aromatic carbocycles. The monoisotopic (exact) mass is 452 g/mol. The zero-order valence-electron chi connectivity index (χ0n) is 20.0. The molecule has 34 heavy (non-hydrogen) atoms. The average Bonchev–Trinajstić information content (AvgIpc) is 2.89. The van der Waals surface area contributed by atoms with Gasteiger partial charge in [-0.15, -0.1) is 0 Å². The number of benzene rings is 4. The van der Waals surface area contributed by atoms with Crippen molar-refractivity contribution < 1.29 is 9.47 Å². The Morgan fingerprint density at radius 2 is 1.18 bits per heavy atom. The standard InChI is InChI=1S/C30H32N2O2/c1-33-26-15-11-23(12-16-26)21-31-19-6-20-32(22-24-13-17-27(34-2)18-14-24)30(31)29-10-5-8-25-7-3-4-9-28(25)29/h3-5,7-18,30H,6,19-22H2,1-2H3. The molecule has 5 rings (SSSR count). The molecule has 1 heterocycles. The van der Waals surface area contributed by atoms with Crippen LogP contribution in [0.1, 0.15) is 29.3 Å². The molecule has 0 radical (unpaired) electrons. The van der Waals surface area contributed by atoms with E-state index in [0.29, 0.717) is 0 Å². The van der Waals surface area contributed by atoms with Gasteiger partial charge in [0.25, 0.3) is 0 Å². The Morgan fingerprint density at radius 3 is 1.74 bits per heavy atom. The Bertz CT molecular complexity index is 1160. The van der Waals surface area contributed by atoms with Crippen LogP contribution in [-0.4, -0.2) is 37.1 Å². The van der Waals surface area contributed by atoms with E-state index in [-0.39, 0.29) is 6.17 Å². The van der Waals surface area contributed by atoms with Gasteiger partial charge in [-0.25, -0.2) is 0 Å². The molecule has 1 fully saturated rings. The SMILES string of the molecule is COc1ccc(CN2CCCN(Cc3ccc(OC)cc3)C2c2cccc3ccccc23)cc1. The predicted molar refractivity (Wildman–Crippen MR) is 138 cm³/mol. The minimum atomic E-state index is 0.198. The Balaban J connectivity index is 1.51. The fourth-order valence-electron chi connectivity index (χ4n) is 5.08. The van der Waals surface area contributed by atoms with Crippen LogP contribution < -0.4 is 9.47 Å². The topological polar surface area (TPSA) is 24.9 Å². The van der Waals surface area contributed by atoms with Gasteiger partial charge in [-0.3, -0.25) is 9.80 Å². The molecule has 174 valence electrons. The molecule has 0 aliphatic carbocycles. The molecule has 4 aromatic rings. The molecule has 1 saturated heterocycles. The van der Waals surface area contributed by atoms with Crippen molar-refractivity contribution in [2.75, 3.05) is 27.3 Å². The van der Waals surface area contributed by atoms with E-state index in [0.717, 1.165) is 44.1 Å². The first-order valence-electron chi connectivity index (χ1n) is 12.0. The molecule has 1 aliphatic heterocycles. The molecule has 0 spiro atoms. The van der Waals surface area contributed by atoms with E-state index in [1.807, 2.05) is 0 Å². The highest BCUT2D eigenvalue weighted by Crippen LogP contribution is 2.36. The number of rotatable bonds is 7. The van der Waals surface area contributed by atoms with Gasteiger partial charge in [-0.05, 0) is 58.1 Å². The Labute approximate surface area is 202 Å². The van der Waals surface area contributed by atoms with Gasteiger partial charge in [0, 0.05) is 26.2 Å². The maximum atomic E-state index is 5.37. The summed E-state index contributed by atoms with van der Waals surface area (Å²) in [5.74, 6) is 1.79. The van der Waals surface area contributed by atoms with Crippen LogP contribution in [0.25, 0.3) is 10.8 Å². The minimum absolute atomic E-state index is 0.198. The zero-order chi connectivity index (χ0) is 23.3. The molecule has 0 atom stereocenters. The van der Waals surface area contributed by atoms with Crippen LogP contribution in [0.15, 0.2) is 91.0 Å². The van der Waals surface area contributed by atoms with Crippen molar-refractivity contribution in [3.05, 3.63) is 108 Å². The van der Waals surface area contributed by atoms with Crippen molar-refractivity contribution in [1.29, 1.82) is 0 Å². The third-order valence-corrected chi connectivity index (χ3v) is 6.77. The third-order valence-electron chi connectivity index (χ3n) is 6.77. The number of fused-ring (bicyclic) bond motifs is 1. The predicted octanol–water partition coefficient (Wildman–Crippen LogP) is 6.26. The zero-order valence-corrected chi connectivity index (χ0v) is 20.0. The first-order chi connectivity index (χ1) is 16.7. The summed E-state index contributed by atoms with van der Waals surface area (Å²) in [4.78, 5) is 5.24. The van der Waals surface area contributed by atoms with Gasteiger partial charge in [0.15, 0.2) is 0 Å². The molecule has 4 nitrogen and oxygen atoms in total.